The van der Waals surface area contributed by atoms with Crippen molar-refractivity contribution in [2.45, 2.75) is 117 Å². The number of nitrogens with zero attached hydrogens (tertiary/aromatic N) is 2. The summed E-state index contributed by atoms with van der Waals surface area (Å²) >= 11 is 0. The van der Waals surface area contributed by atoms with Crippen LogP contribution in [0.1, 0.15) is 93.7 Å². The molecule has 2 heterocycles. The zero-order valence-corrected chi connectivity index (χ0v) is 41.2. The lowest BCUT2D eigenvalue weighted by atomic mass is 10.0. The molecule has 2 fully saturated rings. The summed E-state index contributed by atoms with van der Waals surface area (Å²) in [6.45, 7) is 15.3. The van der Waals surface area contributed by atoms with E-state index >= 15 is 0 Å². The number of hydrogen-bond acceptors (Lipinski definition) is 8. The summed E-state index contributed by atoms with van der Waals surface area (Å²) in [5, 5.41) is 23.0. The summed E-state index contributed by atoms with van der Waals surface area (Å²) in [5.41, 5.74) is 15.0. The SMILES string of the molecule is CCc1ccc(CCNC(=O)N2CCC(Nc3ccc(CCN)cc3)CC2)cc1.CCc1ccc(CCNC(=O)N2CCC(Nc3ccc(CCNC(=O)OC(C)(C)C)cc3)CC2)cc1.O=CO. The third kappa shape index (κ3) is 20.7. The van der Waals surface area contributed by atoms with Crippen LogP contribution < -0.4 is 32.3 Å². The first-order valence-corrected chi connectivity index (χ1v) is 24.5. The Morgan fingerprint density at radius 3 is 1.21 bits per heavy atom. The molecule has 370 valence electrons. The van der Waals surface area contributed by atoms with E-state index < -0.39 is 5.60 Å². The topological polar surface area (TPSA) is 190 Å². The molecule has 0 spiro atoms. The van der Waals surface area contributed by atoms with Crippen LogP contribution >= 0.6 is 0 Å². The van der Waals surface area contributed by atoms with Crippen molar-refractivity contribution in [1.29, 1.82) is 0 Å². The van der Waals surface area contributed by atoms with E-state index in [0.717, 1.165) is 107 Å². The number of rotatable bonds is 17. The van der Waals surface area contributed by atoms with Gasteiger partial charge in [-0.25, -0.2) is 14.4 Å². The van der Waals surface area contributed by atoms with Crippen LogP contribution in [0.2, 0.25) is 0 Å². The van der Waals surface area contributed by atoms with Gasteiger partial charge in [0.2, 0.25) is 0 Å². The molecule has 2 aliphatic rings. The van der Waals surface area contributed by atoms with Crippen molar-refractivity contribution in [2.75, 3.05) is 63.0 Å². The molecule has 0 saturated carbocycles. The number of piperidine rings is 2. The number of benzene rings is 4. The normalized spacial score (nSPS) is 14.0. The van der Waals surface area contributed by atoms with Crippen molar-refractivity contribution in [3.63, 3.8) is 0 Å². The Bertz CT molecular complexity index is 2060. The van der Waals surface area contributed by atoms with Gasteiger partial charge in [0.15, 0.2) is 0 Å². The second-order valence-corrected chi connectivity index (χ2v) is 18.3. The van der Waals surface area contributed by atoms with Gasteiger partial charge in [-0.1, -0.05) is 86.6 Å². The van der Waals surface area contributed by atoms with Gasteiger partial charge in [0.1, 0.15) is 5.60 Å². The predicted molar refractivity (Wildman–Crippen MR) is 275 cm³/mol. The Morgan fingerprint density at radius 1 is 0.574 bits per heavy atom. The van der Waals surface area contributed by atoms with E-state index in [1.165, 1.54) is 27.8 Å². The van der Waals surface area contributed by atoms with Crippen LogP contribution in [0.4, 0.5) is 25.8 Å². The fourth-order valence-electron chi connectivity index (χ4n) is 7.98. The Morgan fingerprint density at radius 2 is 0.882 bits per heavy atom. The summed E-state index contributed by atoms with van der Waals surface area (Å²) in [6, 6.07) is 34.9. The maximum absolute atomic E-state index is 12.5. The largest absolute Gasteiger partial charge is 0.483 e. The first kappa shape index (κ1) is 54.3. The molecule has 0 aliphatic carbocycles. The van der Waals surface area contributed by atoms with Crippen LogP contribution in [0.3, 0.4) is 0 Å². The molecule has 2 aliphatic heterocycles. The van der Waals surface area contributed by atoms with E-state index in [2.05, 4.69) is 137 Å². The molecule has 4 aromatic rings. The number of aryl methyl sites for hydroxylation is 2. The Hall–Kier alpha value is -6.28. The highest BCUT2D eigenvalue weighted by molar-refractivity contribution is 5.74. The van der Waals surface area contributed by atoms with E-state index in [-0.39, 0.29) is 24.6 Å². The van der Waals surface area contributed by atoms with Gasteiger partial charge >= 0.3 is 18.2 Å². The lowest BCUT2D eigenvalue weighted by Gasteiger charge is -2.33. The van der Waals surface area contributed by atoms with Gasteiger partial charge in [0.05, 0.1) is 0 Å². The van der Waals surface area contributed by atoms with E-state index in [4.69, 9.17) is 20.4 Å². The van der Waals surface area contributed by atoms with Crippen molar-refractivity contribution in [2.24, 2.45) is 5.73 Å². The Balaban J connectivity index is 0.000000286. The fraction of sp³-hybridized carbons (Fsp3) is 0.481. The average Bonchev–Trinajstić information content (AvgIpc) is 3.33. The smallest absolute Gasteiger partial charge is 0.407 e. The summed E-state index contributed by atoms with van der Waals surface area (Å²) < 4.78 is 5.26. The first-order valence-electron chi connectivity index (χ1n) is 24.5. The van der Waals surface area contributed by atoms with Gasteiger partial charge in [-0.3, -0.25) is 4.79 Å². The summed E-state index contributed by atoms with van der Waals surface area (Å²) in [6.07, 6.45) is 8.88. The summed E-state index contributed by atoms with van der Waals surface area (Å²) in [7, 11) is 0. The van der Waals surface area contributed by atoms with Crippen LogP contribution in [-0.4, -0.2) is 110 Å². The average molecular weight is 935 g/mol. The van der Waals surface area contributed by atoms with Crippen molar-refractivity contribution >= 4 is 36.0 Å². The second-order valence-electron chi connectivity index (χ2n) is 18.3. The molecule has 0 unspecified atom stereocenters. The van der Waals surface area contributed by atoms with Gasteiger partial charge in [0, 0.05) is 69.3 Å². The molecule has 0 atom stereocenters. The number of nitrogens with two attached hydrogens (primary N) is 1. The highest BCUT2D eigenvalue weighted by atomic mass is 16.6. The van der Waals surface area contributed by atoms with Crippen LogP contribution in [0.15, 0.2) is 97.1 Å². The van der Waals surface area contributed by atoms with Gasteiger partial charge in [-0.15, -0.1) is 0 Å². The van der Waals surface area contributed by atoms with Gasteiger partial charge < -0.3 is 52.0 Å². The number of carbonyl (C=O) groups is 4. The second kappa shape index (κ2) is 29.5. The fourth-order valence-corrected chi connectivity index (χ4v) is 7.98. The quantitative estimate of drug-likeness (QED) is 0.0510. The van der Waals surface area contributed by atoms with Gasteiger partial charge in [-0.05, 0) is 149 Å². The van der Waals surface area contributed by atoms with Crippen molar-refractivity contribution < 1.29 is 29.0 Å². The van der Waals surface area contributed by atoms with Crippen LogP contribution in [0.25, 0.3) is 0 Å². The van der Waals surface area contributed by atoms with Crippen LogP contribution in [0.5, 0.6) is 0 Å². The zero-order chi connectivity index (χ0) is 49.2. The number of urea groups is 2. The van der Waals surface area contributed by atoms with Crippen LogP contribution in [0, 0.1) is 0 Å². The number of likely N-dealkylation sites (tertiary alicyclic amines) is 2. The van der Waals surface area contributed by atoms with E-state index in [1.54, 1.807) is 0 Å². The Labute approximate surface area is 405 Å². The lowest BCUT2D eigenvalue weighted by Crippen LogP contribution is -2.47. The standard InChI is InChI=1S/C29H42N4O3.C24H34N4O.CH2O2/c1-5-22-6-8-23(9-7-22)14-18-30-27(34)33-20-16-26(17-21-33)32-25-12-10-24(11-13-25)15-19-31-28(35)36-29(2,3)4;1-2-19-3-5-21(6-4-19)12-16-26-24(29)28-17-13-23(14-18-28)27-22-9-7-20(8-10-22)11-15-25;2-1-3/h6-13,26,32H,5,14-21H2,1-4H3,(H,30,34)(H,31,35);3-10,23,27H,2,11-18,25H2,1H3,(H,26,29);1H,(H,2,3). The van der Waals surface area contributed by atoms with Crippen LogP contribution in [-0.2, 0) is 48.1 Å². The minimum atomic E-state index is -0.487. The van der Waals surface area contributed by atoms with Gasteiger partial charge in [0.25, 0.3) is 6.47 Å². The molecule has 8 N–H and O–H groups in total. The molecule has 0 aromatic heterocycles. The van der Waals surface area contributed by atoms with Crippen molar-refractivity contribution in [3.8, 4) is 0 Å². The highest BCUT2D eigenvalue weighted by Crippen LogP contribution is 2.20. The van der Waals surface area contributed by atoms with Gasteiger partial charge in [-0.2, -0.15) is 0 Å². The molecule has 5 amide bonds. The third-order valence-electron chi connectivity index (χ3n) is 12.0. The predicted octanol–water partition coefficient (Wildman–Crippen LogP) is 8.42. The third-order valence-corrected chi connectivity index (χ3v) is 12.0. The number of amides is 5. The molecular formula is C54H78N8O6. The molecule has 68 heavy (non-hydrogen) atoms. The molecule has 14 nitrogen and oxygen atoms in total. The maximum atomic E-state index is 12.5. The number of carbonyl (C=O) groups excluding carboxylic acids is 3. The number of alkyl carbamates (subject to hydrolysis) is 1. The number of carboxylic acid groups (broad SMARTS) is 1. The Kier molecular flexibility index (Phi) is 23.5. The minimum absolute atomic E-state index is 0.0305. The summed E-state index contributed by atoms with van der Waals surface area (Å²) in [5.74, 6) is 0. The molecule has 2 saturated heterocycles. The minimum Gasteiger partial charge on any atom is -0.483 e. The molecule has 4 aromatic carbocycles. The lowest BCUT2D eigenvalue weighted by molar-refractivity contribution is -0.122. The molecule has 6 rings (SSSR count). The van der Waals surface area contributed by atoms with E-state index in [9.17, 15) is 14.4 Å². The molecular weight excluding hydrogens is 857 g/mol. The maximum Gasteiger partial charge on any atom is 0.407 e. The zero-order valence-electron chi connectivity index (χ0n) is 41.2. The number of nitrogens with one attached hydrogen (secondary N) is 5. The number of ether oxygens (including phenoxy) is 1. The highest BCUT2D eigenvalue weighted by Gasteiger charge is 2.24. The number of hydrogen-bond donors (Lipinski definition) is 7. The van der Waals surface area contributed by atoms with E-state index in [1.807, 2.05) is 30.6 Å². The molecule has 0 radical (unpaired) electrons. The molecule has 0 bridgehead atoms. The molecule has 14 heteroatoms. The number of anilines is 2. The van der Waals surface area contributed by atoms with Crippen molar-refractivity contribution in [1.82, 2.24) is 25.8 Å². The monoisotopic (exact) mass is 935 g/mol. The first-order chi connectivity index (χ1) is 32.8. The summed E-state index contributed by atoms with van der Waals surface area (Å²) in [4.78, 5) is 48.9. The van der Waals surface area contributed by atoms with Crippen molar-refractivity contribution in [3.05, 3.63) is 130 Å². The van der Waals surface area contributed by atoms with E-state index in [0.29, 0.717) is 38.3 Å².